The van der Waals surface area contributed by atoms with E-state index in [4.69, 9.17) is 5.84 Å². The molecular formula is C10H14N2O2. The van der Waals surface area contributed by atoms with Crippen molar-refractivity contribution in [2.75, 3.05) is 0 Å². The third-order valence-corrected chi connectivity index (χ3v) is 2.06. The summed E-state index contributed by atoms with van der Waals surface area (Å²) in [6.07, 6.45) is 0.991. The van der Waals surface area contributed by atoms with Crippen LogP contribution in [0.2, 0.25) is 0 Å². The average Bonchev–Trinajstić information content (AvgIpc) is 2.19. The monoisotopic (exact) mass is 194 g/mol. The summed E-state index contributed by atoms with van der Waals surface area (Å²) < 4.78 is 0. The number of hydrogen-bond acceptors (Lipinski definition) is 3. The molecular weight excluding hydrogens is 180 g/mol. The fraction of sp³-hybridized carbons (Fsp3) is 0.300. The summed E-state index contributed by atoms with van der Waals surface area (Å²) in [5.74, 6) is 5.04. The molecule has 0 aliphatic rings. The lowest BCUT2D eigenvalue weighted by Gasteiger charge is -2.03. The zero-order valence-corrected chi connectivity index (χ0v) is 8.08. The molecule has 4 nitrogen and oxygen atoms in total. The number of aryl methyl sites for hydroxylation is 2. The summed E-state index contributed by atoms with van der Waals surface area (Å²) in [6, 6.07) is 5.29. The molecule has 0 radical (unpaired) electrons. The normalized spacial score (nSPS) is 9.86. The molecule has 0 saturated heterocycles. The maximum atomic E-state index is 10.9. The lowest BCUT2D eigenvalue weighted by molar-refractivity contribution is -0.121. The second kappa shape index (κ2) is 4.62. The van der Waals surface area contributed by atoms with Crippen LogP contribution in [0.5, 0.6) is 5.75 Å². The lowest BCUT2D eigenvalue weighted by atomic mass is 10.1. The highest BCUT2D eigenvalue weighted by molar-refractivity contribution is 5.75. The van der Waals surface area contributed by atoms with Gasteiger partial charge in [-0.25, -0.2) is 5.84 Å². The van der Waals surface area contributed by atoms with E-state index in [0.717, 1.165) is 11.1 Å². The van der Waals surface area contributed by atoms with Gasteiger partial charge in [0.2, 0.25) is 5.91 Å². The first-order valence-electron chi connectivity index (χ1n) is 4.41. The number of carbonyl (C=O) groups is 1. The standard InChI is InChI=1S/C10H14N2O2/c1-7-6-8(2-4-9(7)13)3-5-10(14)12-11/h2,4,6,13H,3,5,11H2,1H3,(H,12,14). The number of phenolic OH excluding ortho intramolecular Hbond substituents is 1. The lowest BCUT2D eigenvalue weighted by Crippen LogP contribution is -2.30. The maximum Gasteiger partial charge on any atom is 0.234 e. The molecule has 0 spiro atoms. The second-order valence-corrected chi connectivity index (χ2v) is 3.19. The first kappa shape index (κ1) is 10.5. The summed E-state index contributed by atoms with van der Waals surface area (Å²) >= 11 is 0. The van der Waals surface area contributed by atoms with Crippen molar-refractivity contribution < 1.29 is 9.90 Å². The Labute approximate surface area is 82.7 Å². The zero-order valence-electron chi connectivity index (χ0n) is 8.08. The first-order chi connectivity index (χ1) is 6.63. The van der Waals surface area contributed by atoms with E-state index >= 15 is 0 Å². The Morgan fingerprint density at radius 1 is 1.57 bits per heavy atom. The fourth-order valence-electron chi connectivity index (χ4n) is 1.20. The molecule has 4 N–H and O–H groups in total. The Hall–Kier alpha value is -1.55. The molecule has 0 saturated carbocycles. The molecule has 1 aromatic rings. The average molecular weight is 194 g/mol. The highest BCUT2D eigenvalue weighted by Gasteiger charge is 2.01. The molecule has 0 unspecified atom stereocenters. The van der Waals surface area contributed by atoms with Crippen LogP contribution in [0.3, 0.4) is 0 Å². The van der Waals surface area contributed by atoms with E-state index in [1.807, 2.05) is 13.0 Å². The molecule has 0 fully saturated rings. The molecule has 0 atom stereocenters. The third-order valence-electron chi connectivity index (χ3n) is 2.06. The summed E-state index contributed by atoms with van der Waals surface area (Å²) in [7, 11) is 0. The molecule has 1 rings (SSSR count). The van der Waals surface area contributed by atoms with Gasteiger partial charge in [-0.1, -0.05) is 12.1 Å². The Balaban J connectivity index is 2.60. The van der Waals surface area contributed by atoms with Crippen molar-refractivity contribution in [2.45, 2.75) is 19.8 Å². The van der Waals surface area contributed by atoms with Gasteiger partial charge >= 0.3 is 0 Å². The summed E-state index contributed by atoms with van der Waals surface area (Å²) in [6.45, 7) is 1.82. The van der Waals surface area contributed by atoms with Crippen LogP contribution in [0.15, 0.2) is 18.2 Å². The molecule has 0 heterocycles. The van der Waals surface area contributed by atoms with E-state index in [-0.39, 0.29) is 11.7 Å². The number of carbonyl (C=O) groups excluding carboxylic acids is 1. The first-order valence-corrected chi connectivity index (χ1v) is 4.41. The van der Waals surface area contributed by atoms with Gasteiger partial charge in [-0.2, -0.15) is 0 Å². The van der Waals surface area contributed by atoms with Crippen molar-refractivity contribution in [3.8, 4) is 5.75 Å². The maximum absolute atomic E-state index is 10.9. The van der Waals surface area contributed by atoms with Crippen LogP contribution in [0.1, 0.15) is 17.5 Å². The Morgan fingerprint density at radius 3 is 2.86 bits per heavy atom. The second-order valence-electron chi connectivity index (χ2n) is 3.19. The summed E-state index contributed by atoms with van der Waals surface area (Å²) in [4.78, 5) is 10.9. The number of rotatable bonds is 3. The zero-order chi connectivity index (χ0) is 10.6. The van der Waals surface area contributed by atoms with Crippen LogP contribution in [0, 0.1) is 6.92 Å². The van der Waals surface area contributed by atoms with Gasteiger partial charge in [0.15, 0.2) is 0 Å². The van der Waals surface area contributed by atoms with Gasteiger partial charge in [0, 0.05) is 6.42 Å². The molecule has 14 heavy (non-hydrogen) atoms. The minimum Gasteiger partial charge on any atom is -0.508 e. The quantitative estimate of drug-likeness (QED) is 0.375. The highest BCUT2D eigenvalue weighted by atomic mass is 16.3. The Kier molecular flexibility index (Phi) is 3.48. The molecule has 0 aromatic heterocycles. The molecule has 1 aromatic carbocycles. The van der Waals surface area contributed by atoms with E-state index in [2.05, 4.69) is 5.43 Å². The molecule has 76 valence electrons. The van der Waals surface area contributed by atoms with Gasteiger partial charge in [-0.15, -0.1) is 0 Å². The van der Waals surface area contributed by atoms with Crippen molar-refractivity contribution in [2.24, 2.45) is 5.84 Å². The van der Waals surface area contributed by atoms with E-state index in [0.29, 0.717) is 12.8 Å². The molecule has 0 aliphatic carbocycles. The van der Waals surface area contributed by atoms with Crippen molar-refractivity contribution >= 4 is 5.91 Å². The SMILES string of the molecule is Cc1cc(CCC(=O)NN)ccc1O. The summed E-state index contributed by atoms with van der Waals surface area (Å²) in [5, 5.41) is 9.27. The molecule has 1 amide bonds. The number of nitrogens with two attached hydrogens (primary N) is 1. The number of benzene rings is 1. The van der Waals surface area contributed by atoms with Crippen LogP contribution in [0.4, 0.5) is 0 Å². The molecule has 4 heteroatoms. The van der Waals surface area contributed by atoms with Crippen molar-refractivity contribution in [3.05, 3.63) is 29.3 Å². The minimum atomic E-state index is -0.185. The minimum absolute atomic E-state index is 0.185. The van der Waals surface area contributed by atoms with Crippen LogP contribution in [0.25, 0.3) is 0 Å². The van der Waals surface area contributed by atoms with Gasteiger partial charge in [-0.05, 0) is 30.5 Å². The van der Waals surface area contributed by atoms with Crippen molar-refractivity contribution in [1.29, 1.82) is 0 Å². The number of nitrogens with one attached hydrogen (secondary N) is 1. The topological polar surface area (TPSA) is 75.4 Å². The van der Waals surface area contributed by atoms with Gasteiger partial charge < -0.3 is 5.11 Å². The van der Waals surface area contributed by atoms with Crippen LogP contribution < -0.4 is 11.3 Å². The molecule has 0 bridgehead atoms. The van der Waals surface area contributed by atoms with Crippen molar-refractivity contribution in [1.82, 2.24) is 5.43 Å². The van der Waals surface area contributed by atoms with Crippen LogP contribution in [-0.2, 0) is 11.2 Å². The van der Waals surface area contributed by atoms with Crippen molar-refractivity contribution in [3.63, 3.8) is 0 Å². The number of amides is 1. The van der Waals surface area contributed by atoms with Crippen LogP contribution in [-0.4, -0.2) is 11.0 Å². The fourth-order valence-corrected chi connectivity index (χ4v) is 1.20. The van der Waals surface area contributed by atoms with Gasteiger partial charge in [0.05, 0.1) is 0 Å². The Morgan fingerprint density at radius 2 is 2.29 bits per heavy atom. The number of aromatic hydroxyl groups is 1. The van der Waals surface area contributed by atoms with Gasteiger partial charge in [0.1, 0.15) is 5.75 Å². The van der Waals surface area contributed by atoms with Gasteiger partial charge in [0.25, 0.3) is 0 Å². The smallest absolute Gasteiger partial charge is 0.234 e. The highest BCUT2D eigenvalue weighted by Crippen LogP contribution is 2.17. The Bertz CT molecular complexity index is 337. The third kappa shape index (κ3) is 2.74. The molecule has 0 aliphatic heterocycles. The van der Waals surface area contributed by atoms with E-state index in [1.54, 1.807) is 12.1 Å². The number of phenols is 1. The predicted molar refractivity (Wildman–Crippen MR) is 53.5 cm³/mol. The van der Waals surface area contributed by atoms with E-state index in [9.17, 15) is 9.90 Å². The number of hydrazine groups is 1. The van der Waals surface area contributed by atoms with E-state index in [1.165, 1.54) is 0 Å². The predicted octanol–water partition coefficient (Wildman–Crippen LogP) is 0.623. The van der Waals surface area contributed by atoms with E-state index < -0.39 is 0 Å². The van der Waals surface area contributed by atoms with Crippen LogP contribution >= 0.6 is 0 Å². The number of hydrogen-bond donors (Lipinski definition) is 3. The largest absolute Gasteiger partial charge is 0.508 e. The summed E-state index contributed by atoms with van der Waals surface area (Å²) in [5.41, 5.74) is 3.91. The van der Waals surface area contributed by atoms with Gasteiger partial charge in [-0.3, -0.25) is 10.2 Å².